The monoisotopic (exact) mass is 214 g/mol. The van der Waals surface area contributed by atoms with Crippen LogP contribution in [-0.2, 0) is 9.53 Å². The molecule has 4 heteroatoms. The maximum Gasteiger partial charge on any atom is 0.224 e. The zero-order valence-electron chi connectivity index (χ0n) is 9.90. The van der Waals surface area contributed by atoms with Crippen molar-refractivity contribution >= 4 is 5.91 Å². The van der Waals surface area contributed by atoms with Gasteiger partial charge >= 0.3 is 0 Å². The molecule has 88 valence electrons. The largest absolute Gasteiger partial charge is 0.376 e. The Bertz CT molecular complexity index is 221. The van der Waals surface area contributed by atoms with E-state index in [4.69, 9.17) is 10.5 Å². The molecule has 1 amide bonds. The molecule has 3 atom stereocenters. The lowest BCUT2D eigenvalue weighted by molar-refractivity contribution is -0.133. The number of hydrogen-bond donors (Lipinski definition) is 1. The van der Waals surface area contributed by atoms with E-state index in [9.17, 15) is 4.79 Å². The molecular formula is C11H22N2O2. The van der Waals surface area contributed by atoms with Crippen LogP contribution in [0.2, 0.25) is 0 Å². The maximum atomic E-state index is 11.8. The van der Waals surface area contributed by atoms with E-state index in [1.54, 1.807) is 4.90 Å². The molecule has 0 aliphatic carbocycles. The summed E-state index contributed by atoms with van der Waals surface area (Å²) in [6.45, 7) is 4.77. The highest BCUT2D eigenvalue weighted by atomic mass is 16.5. The van der Waals surface area contributed by atoms with Crippen LogP contribution in [0.25, 0.3) is 0 Å². The summed E-state index contributed by atoms with van der Waals surface area (Å²) in [5, 5.41) is 0. The Labute approximate surface area is 91.8 Å². The third-order valence-electron chi connectivity index (χ3n) is 3.19. The summed E-state index contributed by atoms with van der Waals surface area (Å²) in [7, 11) is 1.85. The molecule has 1 aliphatic rings. The summed E-state index contributed by atoms with van der Waals surface area (Å²) in [6, 6.07) is 0.208. The average Bonchev–Trinajstić information content (AvgIpc) is 2.63. The van der Waals surface area contributed by atoms with Crippen LogP contribution in [0.15, 0.2) is 0 Å². The number of hydrogen-bond acceptors (Lipinski definition) is 3. The van der Waals surface area contributed by atoms with Crippen molar-refractivity contribution in [3.8, 4) is 0 Å². The van der Waals surface area contributed by atoms with Crippen molar-refractivity contribution < 1.29 is 9.53 Å². The summed E-state index contributed by atoms with van der Waals surface area (Å²) in [6.07, 6.45) is 2.37. The second-order valence-electron chi connectivity index (χ2n) is 4.31. The van der Waals surface area contributed by atoms with Gasteiger partial charge in [0.15, 0.2) is 0 Å². The number of nitrogens with zero attached hydrogens (tertiary/aromatic N) is 1. The number of nitrogens with two attached hydrogens (primary N) is 1. The molecule has 0 aromatic carbocycles. The van der Waals surface area contributed by atoms with Crippen LogP contribution in [-0.4, -0.2) is 42.6 Å². The number of ether oxygens (including phenoxy) is 1. The molecule has 4 nitrogen and oxygen atoms in total. The van der Waals surface area contributed by atoms with Crippen molar-refractivity contribution in [3.05, 3.63) is 0 Å². The Kier molecular flexibility index (Phi) is 4.54. The number of carbonyl (C=O) groups is 1. The average molecular weight is 214 g/mol. The first-order valence-corrected chi connectivity index (χ1v) is 5.69. The minimum Gasteiger partial charge on any atom is -0.376 e. The van der Waals surface area contributed by atoms with Crippen LogP contribution < -0.4 is 5.73 Å². The van der Waals surface area contributed by atoms with E-state index in [1.807, 2.05) is 20.9 Å². The van der Waals surface area contributed by atoms with Gasteiger partial charge in [-0.2, -0.15) is 0 Å². The highest BCUT2D eigenvalue weighted by molar-refractivity contribution is 5.76. The normalized spacial score (nSPS) is 27.7. The summed E-state index contributed by atoms with van der Waals surface area (Å²) in [4.78, 5) is 13.6. The second kappa shape index (κ2) is 5.47. The number of likely N-dealkylation sites (N-methyl/N-ethyl adjacent to an activating group) is 1. The molecule has 1 fully saturated rings. The lowest BCUT2D eigenvalue weighted by Crippen LogP contribution is -2.43. The van der Waals surface area contributed by atoms with Gasteiger partial charge in [0.1, 0.15) is 0 Å². The molecular weight excluding hydrogens is 192 g/mol. The fourth-order valence-corrected chi connectivity index (χ4v) is 1.93. The van der Waals surface area contributed by atoms with E-state index in [0.717, 1.165) is 19.4 Å². The SMILES string of the molecule is CCC(N)CC(=O)N(C)C1CCOC1C. The minimum atomic E-state index is -0.0161. The van der Waals surface area contributed by atoms with Crippen molar-refractivity contribution in [3.63, 3.8) is 0 Å². The highest BCUT2D eigenvalue weighted by Crippen LogP contribution is 2.19. The van der Waals surface area contributed by atoms with Crippen LogP contribution in [0.1, 0.15) is 33.1 Å². The van der Waals surface area contributed by atoms with Gasteiger partial charge in [0.05, 0.1) is 12.1 Å². The standard InChI is InChI=1S/C11H22N2O2/c1-4-9(12)7-11(14)13(3)10-5-6-15-8(10)2/h8-10H,4-7,12H2,1-3H3. The Hall–Kier alpha value is -0.610. The van der Waals surface area contributed by atoms with Crippen molar-refractivity contribution in [2.24, 2.45) is 5.73 Å². The van der Waals surface area contributed by atoms with Gasteiger partial charge in [-0.1, -0.05) is 6.92 Å². The van der Waals surface area contributed by atoms with Crippen LogP contribution in [0.3, 0.4) is 0 Å². The third-order valence-corrected chi connectivity index (χ3v) is 3.19. The predicted molar refractivity (Wildman–Crippen MR) is 59.5 cm³/mol. The summed E-state index contributed by atoms with van der Waals surface area (Å²) in [5.41, 5.74) is 5.77. The molecule has 0 bridgehead atoms. The lowest BCUT2D eigenvalue weighted by Gasteiger charge is -2.27. The van der Waals surface area contributed by atoms with Gasteiger partial charge in [-0.05, 0) is 19.8 Å². The van der Waals surface area contributed by atoms with Crippen molar-refractivity contribution in [1.29, 1.82) is 0 Å². The quantitative estimate of drug-likeness (QED) is 0.751. The minimum absolute atomic E-state index is 0.0161. The van der Waals surface area contributed by atoms with Gasteiger partial charge in [0, 0.05) is 26.1 Å². The summed E-state index contributed by atoms with van der Waals surface area (Å²) < 4.78 is 5.44. The molecule has 0 aromatic rings. The number of amides is 1. The molecule has 1 rings (SSSR count). The van der Waals surface area contributed by atoms with Gasteiger partial charge in [-0.15, -0.1) is 0 Å². The predicted octanol–water partition coefficient (Wildman–Crippen LogP) is 0.750. The van der Waals surface area contributed by atoms with Gasteiger partial charge in [-0.25, -0.2) is 0 Å². The van der Waals surface area contributed by atoms with Gasteiger partial charge in [0.25, 0.3) is 0 Å². The Balaban J connectivity index is 2.45. The van der Waals surface area contributed by atoms with Crippen LogP contribution >= 0.6 is 0 Å². The highest BCUT2D eigenvalue weighted by Gasteiger charge is 2.30. The molecule has 0 spiro atoms. The van der Waals surface area contributed by atoms with Gasteiger partial charge < -0.3 is 15.4 Å². The summed E-state index contributed by atoms with van der Waals surface area (Å²) in [5.74, 6) is 0.131. The van der Waals surface area contributed by atoms with E-state index < -0.39 is 0 Å². The Morgan fingerprint density at radius 1 is 1.67 bits per heavy atom. The zero-order chi connectivity index (χ0) is 11.4. The van der Waals surface area contributed by atoms with E-state index in [-0.39, 0.29) is 24.1 Å². The second-order valence-corrected chi connectivity index (χ2v) is 4.31. The van der Waals surface area contributed by atoms with Crippen LogP contribution in [0, 0.1) is 0 Å². The van der Waals surface area contributed by atoms with Gasteiger partial charge in [0.2, 0.25) is 5.91 Å². The molecule has 1 aliphatic heterocycles. The first-order chi connectivity index (χ1) is 7.06. The molecule has 1 saturated heterocycles. The van der Waals surface area contributed by atoms with E-state index in [0.29, 0.717) is 6.42 Å². The first kappa shape index (κ1) is 12.5. The lowest BCUT2D eigenvalue weighted by atomic mass is 10.1. The Morgan fingerprint density at radius 2 is 2.33 bits per heavy atom. The smallest absolute Gasteiger partial charge is 0.224 e. The topological polar surface area (TPSA) is 55.6 Å². The van der Waals surface area contributed by atoms with E-state index in [2.05, 4.69) is 0 Å². The fourth-order valence-electron chi connectivity index (χ4n) is 1.93. The molecule has 2 N–H and O–H groups in total. The van der Waals surface area contributed by atoms with E-state index >= 15 is 0 Å². The molecule has 0 aromatic heterocycles. The van der Waals surface area contributed by atoms with Crippen molar-refractivity contribution in [2.75, 3.05) is 13.7 Å². The van der Waals surface area contributed by atoms with Crippen LogP contribution in [0.4, 0.5) is 0 Å². The van der Waals surface area contributed by atoms with E-state index in [1.165, 1.54) is 0 Å². The fraction of sp³-hybridized carbons (Fsp3) is 0.909. The molecule has 0 radical (unpaired) electrons. The van der Waals surface area contributed by atoms with Crippen molar-refractivity contribution in [2.45, 2.75) is 51.3 Å². The Morgan fingerprint density at radius 3 is 2.80 bits per heavy atom. The molecule has 15 heavy (non-hydrogen) atoms. The van der Waals surface area contributed by atoms with Gasteiger partial charge in [-0.3, -0.25) is 4.79 Å². The maximum absolute atomic E-state index is 11.8. The summed E-state index contributed by atoms with van der Waals surface area (Å²) >= 11 is 0. The zero-order valence-corrected chi connectivity index (χ0v) is 9.90. The number of rotatable bonds is 4. The molecule has 3 unspecified atom stereocenters. The molecule has 1 heterocycles. The van der Waals surface area contributed by atoms with Crippen LogP contribution in [0.5, 0.6) is 0 Å². The van der Waals surface area contributed by atoms with Crippen molar-refractivity contribution in [1.82, 2.24) is 4.90 Å². The third kappa shape index (κ3) is 3.18. The first-order valence-electron chi connectivity index (χ1n) is 5.69. The number of carbonyl (C=O) groups excluding carboxylic acids is 1. The molecule has 0 saturated carbocycles.